The Morgan fingerprint density at radius 1 is 1.14 bits per heavy atom. The molecule has 0 radical (unpaired) electrons. The second kappa shape index (κ2) is 8.91. The van der Waals surface area contributed by atoms with Gasteiger partial charge in [0.25, 0.3) is 5.91 Å². The van der Waals surface area contributed by atoms with Gasteiger partial charge < -0.3 is 19.2 Å². The number of amides is 1. The highest BCUT2D eigenvalue weighted by Crippen LogP contribution is 2.27. The van der Waals surface area contributed by atoms with Crippen molar-refractivity contribution in [2.45, 2.75) is 26.6 Å². The SMILES string of the molecule is CCOCc1c(C(=O)O[C@@H](C)C(=O)Nc2ccc(Cl)cc2)oc2ccccc12. The van der Waals surface area contributed by atoms with Gasteiger partial charge in [-0.1, -0.05) is 29.8 Å². The molecule has 1 heterocycles. The summed E-state index contributed by atoms with van der Waals surface area (Å²) in [7, 11) is 0. The lowest BCUT2D eigenvalue weighted by molar-refractivity contribution is -0.123. The van der Waals surface area contributed by atoms with Gasteiger partial charge >= 0.3 is 5.97 Å². The summed E-state index contributed by atoms with van der Waals surface area (Å²) in [5.74, 6) is -1.14. The van der Waals surface area contributed by atoms with E-state index in [1.807, 2.05) is 25.1 Å². The maximum Gasteiger partial charge on any atom is 0.375 e. The van der Waals surface area contributed by atoms with Gasteiger partial charge in [0.2, 0.25) is 5.76 Å². The number of carbonyl (C=O) groups is 2. The van der Waals surface area contributed by atoms with Crippen LogP contribution in [0.15, 0.2) is 52.9 Å². The van der Waals surface area contributed by atoms with Crippen LogP contribution in [0.25, 0.3) is 11.0 Å². The lowest BCUT2D eigenvalue weighted by Crippen LogP contribution is -2.30. The van der Waals surface area contributed by atoms with Gasteiger partial charge in [-0.2, -0.15) is 0 Å². The Labute approximate surface area is 167 Å². The standard InChI is InChI=1S/C21H20ClNO5/c1-3-26-12-17-16-6-4-5-7-18(16)28-19(17)21(25)27-13(2)20(24)23-15-10-8-14(22)9-11-15/h4-11,13H,3,12H2,1-2H3,(H,23,24)/t13-/m0/s1. The molecule has 0 aliphatic carbocycles. The first-order valence-electron chi connectivity index (χ1n) is 8.85. The summed E-state index contributed by atoms with van der Waals surface area (Å²) in [5, 5.41) is 4.01. The molecule has 6 nitrogen and oxygen atoms in total. The quantitative estimate of drug-likeness (QED) is 0.575. The van der Waals surface area contributed by atoms with Gasteiger partial charge in [0.1, 0.15) is 5.58 Å². The van der Waals surface area contributed by atoms with Gasteiger partial charge in [0.15, 0.2) is 6.10 Å². The lowest BCUT2D eigenvalue weighted by atomic mass is 10.1. The van der Waals surface area contributed by atoms with E-state index in [0.717, 1.165) is 5.39 Å². The predicted octanol–water partition coefficient (Wildman–Crippen LogP) is 4.81. The van der Waals surface area contributed by atoms with Crippen molar-refractivity contribution in [1.29, 1.82) is 0 Å². The number of para-hydroxylation sites is 1. The molecule has 0 saturated heterocycles. The van der Waals surface area contributed by atoms with E-state index in [1.165, 1.54) is 6.92 Å². The third-order valence-electron chi connectivity index (χ3n) is 4.10. The third kappa shape index (κ3) is 4.52. The van der Waals surface area contributed by atoms with Crippen molar-refractivity contribution in [3.05, 3.63) is 64.9 Å². The largest absolute Gasteiger partial charge is 0.449 e. The summed E-state index contributed by atoms with van der Waals surface area (Å²) in [6.45, 7) is 4.06. The zero-order valence-electron chi connectivity index (χ0n) is 15.5. The minimum Gasteiger partial charge on any atom is -0.449 e. The van der Waals surface area contributed by atoms with Crippen molar-refractivity contribution in [1.82, 2.24) is 0 Å². The number of hydrogen-bond donors (Lipinski definition) is 1. The van der Waals surface area contributed by atoms with Crippen molar-refractivity contribution in [3.8, 4) is 0 Å². The number of halogens is 1. The Hall–Kier alpha value is -2.83. The molecule has 7 heteroatoms. The topological polar surface area (TPSA) is 77.8 Å². The minimum atomic E-state index is -1.02. The summed E-state index contributed by atoms with van der Waals surface area (Å²) in [5.41, 5.74) is 1.72. The first-order valence-corrected chi connectivity index (χ1v) is 9.23. The van der Waals surface area contributed by atoms with E-state index >= 15 is 0 Å². The molecule has 1 atom stereocenters. The average molecular weight is 402 g/mol. The van der Waals surface area contributed by atoms with Gasteiger partial charge in [-0.15, -0.1) is 0 Å². The summed E-state index contributed by atoms with van der Waals surface area (Å²) < 4.78 is 16.4. The summed E-state index contributed by atoms with van der Waals surface area (Å²) >= 11 is 5.83. The fraction of sp³-hybridized carbons (Fsp3) is 0.238. The fourth-order valence-electron chi connectivity index (χ4n) is 2.66. The lowest BCUT2D eigenvalue weighted by Gasteiger charge is -2.13. The maximum absolute atomic E-state index is 12.6. The molecule has 28 heavy (non-hydrogen) atoms. The molecule has 1 aromatic heterocycles. The van der Waals surface area contributed by atoms with Crippen molar-refractivity contribution in [2.24, 2.45) is 0 Å². The smallest absolute Gasteiger partial charge is 0.375 e. The predicted molar refractivity (Wildman–Crippen MR) is 107 cm³/mol. The van der Waals surface area contributed by atoms with E-state index in [2.05, 4.69) is 5.32 Å². The number of hydrogen-bond acceptors (Lipinski definition) is 5. The van der Waals surface area contributed by atoms with Crippen LogP contribution in [0.2, 0.25) is 5.02 Å². The molecule has 0 unspecified atom stereocenters. The van der Waals surface area contributed by atoms with Crippen LogP contribution in [0.3, 0.4) is 0 Å². The first kappa shape index (κ1) is 19.9. The second-order valence-electron chi connectivity index (χ2n) is 6.09. The Balaban J connectivity index is 1.74. The molecule has 3 aromatic rings. The minimum absolute atomic E-state index is 0.0424. The highest BCUT2D eigenvalue weighted by Gasteiger charge is 2.26. The van der Waals surface area contributed by atoms with Crippen LogP contribution < -0.4 is 5.32 Å². The van der Waals surface area contributed by atoms with Crippen LogP contribution in [0.5, 0.6) is 0 Å². The average Bonchev–Trinajstić information content (AvgIpc) is 3.06. The number of esters is 1. The molecule has 0 spiro atoms. The highest BCUT2D eigenvalue weighted by atomic mass is 35.5. The zero-order valence-corrected chi connectivity index (χ0v) is 16.3. The summed E-state index contributed by atoms with van der Waals surface area (Å²) in [4.78, 5) is 25.0. The number of nitrogens with one attached hydrogen (secondary N) is 1. The van der Waals surface area contributed by atoms with Crippen LogP contribution in [0.1, 0.15) is 30.0 Å². The molecule has 146 valence electrons. The van der Waals surface area contributed by atoms with Gasteiger partial charge in [-0.25, -0.2) is 4.79 Å². The number of rotatable bonds is 7. The number of carbonyl (C=O) groups excluding carboxylic acids is 2. The number of anilines is 1. The molecular weight excluding hydrogens is 382 g/mol. The highest BCUT2D eigenvalue weighted by molar-refractivity contribution is 6.30. The zero-order chi connectivity index (χ0) is 20.1. The summed E-state index contributed by atoms with van der Waals surface area (Å²) in [6.07, 6.45) is -1.02. The Morgan fingerprint density at radius 2 is 1.86 bits per heavy atom. The van der Waals surface area contributed by atoms with E-state index < -0.39 is 18.0 Å². The van der Waals surface area contributed by atoms with Crippen molar-refractivity contribution < 1.29 is 23.5 Å². The fourth-order valence-corrected chi connectivity index (χ4v) is 2.78. The van der Waals surface area contributed by atoms with Crippen LogP contribution >= 0.6 is 11.6 Å². The number of ether oxygens (including phenoxy) is 2. The molecule has 0 aliphatic rings. The molecule has 0 aliphatic heterocycles. The normalized spacial score (nSPS) is 12.0. The van der Waals surface area contributed by atoms with Gasteiger partial charge in [-0.3, -0.25) is 4.79 Å². The van der Waals surface area contributed by atoms with E-state index in [9.17, 15) is 9.59 Å². The van der Waals surface area contributed by atoms with E-state index in [4.69, 9.17) is 25.5 Å². The van der Waals surface area contributed by atoms with Crippen LogP contribution in [0, 0.1) is 0 Å². The van der Waals surface area contributed by atoms with Crippen molar-refractivity contribution >= 4 is 40.1 Å². The van der Waals surface area contributed by atoms with E-state index in [1.54, 1.807) is 30.3 Å². The van der Waals surface area contributed by atoms with Gasteiger partial charge in [0.05, 0.1) is 6.61 Å². The Kier molecular flexibility index (Phi) is 6.34. The van der Waals surface area contributed by atoms with Crippen LogP contribution in [0.4, 0.5) is 5.69 Å². The monoisotopic (exact) mass is 401 g/mol. The van der Waals surface area contributed by atoms with Crippen LogP contribution in [-0.2, 0) is 20.9 Å². The van der Waals surface area contributed by atoms with Crippen molar-refractivity contribution in [2.75, 3.05) is 11.9 Å². The molecule has 1 amide bonds. The van der Waals surface area contributed by atoms with E-state index in [-0.39, 0.29) is 12.4 Å². The molecule has 0 fully saturated rings. The molecule has 3 rings (SSSR count). The Morgan fingerprint density at radius 3 is 2.57 bits per heavy atom. The molecule has 0 saturated carbocycles. The van der Waals surface area contributed by atoms with E-state index in [0.29, 0.717) is 28.5 Å². The van der Waals surface area contributed by atoms with Crippen LogP contribution in [-0.4, -0.2) is 24.6 Å². The number of furan rings is 1. The second-order valence-corrected chi connectivity index (χ2v) is 6.52. The number of fused-ring (bicyclic) bond motifs is 1. The maximum atomic E-state index is 12.6. The Bertz CT molecular complexity index is 980. The summed E-state index contributed by atoms with van der Waals surface area (Å²) in [6, 6.07) is 13.9. The first-order chi connectivity index (χ1) is 13.5. The molecule has 0 bridgehead atoms. The molecular formula is C21H20ClNO5. The molecule has 1 N–H and O–H groups in total. The van der Waals surface area contributed by atoms with Gasteiger partial charge in [-0.05, 0) is 44.2 Å². The number of benzene rings is 2. The third-order valence-corrected chi connectivity index (χ3v) is 4.35. The van der Waals surface area contributed by atoms with Crippen molar-refractivity contribution in [3.63, 3.8) is 0 Å². The van der Waals surface area contributed by atoms with Gasteiger partial charge in [0, 0.05) is 28.3 Å². The molecule has 2 aromatic carbocycles.